The van der Waals surface area contributed by atoms with Crippen molar-refractivity contribution in [3.63, 3.8) is 0 Å². The highest BCUT2D eigenvalue weighted by atomic mass is 32.2. The summed E-state index contributed by atoms with van der Waals surface area (Å²) in [7, 11) is -3.37. The lowest BCUT2D eigenvalue weighted by Crippen LogP contribution is -2.44. The molecule has 2 aromatic rings. The number of para-hydroxylation sites is 2. The maximum atomic E-state index is 12.3. The van der Waals surface area contributed by atoms with Crippen molar-refractivity contribution in [1.82, 2.24) is 14.0 Å². The van der Waals surface area contributed by atoms with Gasteiger partial charge < -0.3 is 0 Å². The normalized spacial score (nSPS) is 20.0. The highest BCUT2D eigenvalue weighted by Crippen LogP contribution is 2.21. The van der Waals surface area contributed by atoms with Gasteiger partial charge in [0.05, 0.1) is 17.3 Å². The van der Waals surface area contributed by atoms with Gasteiger partial charge in [-0.25, -0.2) is 18.1 Å². The molecule has 1 aromatic heterocycles. The lowest BCUT2D eigenvalue weighted by molar-refractivity contribution is -0.120. The molecule has 1 atom stereocenters. The number of hydrogen-bond acceptors (Lipinski definition) is 4. The van der Waals surface area contributed by atoms with Gasteiger partial charge in [-0.2, -0.15) is 4.31 Å². The predicted molar refractivity (Wildman–Crippen MR) is 78.7 cm³/mol. The topological polar surface area (TPSA) is 84.3 Å². The summed E-state index contributed by atoms with van der Waals surface area (Å²) in [4.78, 5) is 16.5. The quantitative estimate of drug-likeness (QED) is 0.896. The molecule has 0 bridgehead atoms. The molecule has 0 saturated carbocycles. The first-order chi connectivity index (χ1) is 9.97. The fourth-order valence-electron chi connectivity index (χ4n) is 2.64. The number of carbonyl (C=O) groups is 1. The van der Waals surface area contributed by atoms with Crippen LogP contribution in [0.25, 0.3) is 11.0 Å². The Balaban J connectivity index is 1.83. The second-order valence-corrected chi connectivity index (χ2v) is 7.05. The minimum Gasteiger partial charge on any atom is -0.271 e. The van der Waals surface area contributed by atoms with E-state index >= 15 is 0 Å². The van der Waals surface area contributed by atoms with E-state index in [-0.39, 0.29) is 5.91 Å². The number of aromatic nitrogens is 2. The van der Waals surface area contributed by atoms with E-state index in [1.54, 1.807) is 0 Å². The van der Waals surface area contributed by atoms with Crippen molar-refractivity contribution in [2.45, 2.75) is 18.9 Å². The van der Waals surface area contributed by atoms with Gasteiger partial charge in [0.15, 0.2) is 0 Å². The first-order valence-electron chi connectivity index (χ1n) is 6.66. The van der Waals surface area contributed by atoms with E-state index in [0.29, 0.717) is 19.4 Å². The summed E-state index contributed by atoms with van der Waals surface area (Å²) >= 11 is 0. The molecule has 1 saturated heterocycles. The van der Waals surface area contributed by atoms with Crippen molar-refractivity contribution in [3.8, 4) is 0 Å². The standard InChI is InChI=1S/C13H16N4O3S/c1-21(19,20)17-8-4-7-12(17)13(18)15-16-9-14-10-5-2-3-6-11(10)16/h2-3,5-6,9,12H,4,7-8H2,1H3,(H,15,18). The van der Waals surface area contributed by atoms with Gasteiger partial charge in [0.25, 0.3) is 5.91 Å². The maximum absolute atomic E-state index is 12.3. The van der Waals surface area contributed by atoms with Crippen LogP contribution in [0, 0.1) is 0 Å². The van der Waals surface area contributed by atoms with Crippen LogP contribution < -0.4 is 5.43 Å². The molecule has 1 amide bonds. The Kier molecular flexibility index (Phi) is 3.42. The number of hydrogen-bond donors (Lipinski definition) is 1. The molecule has 3 rings (SSSR count). The van der Waals surface area contributed by atoms with E-state index in [2.05, 4.69) is 10.4 Å². The third-order valence-corrected chi connectivity index (χ3v) is 4.91. The molecule has 1 unspecified atom stereocenters. The maximum Gasteiger partial charge on any atom is 0.257 e. The van der Waals surface area contributed by atoms with Crippen LogP contribution in [0.5, 0.6) is 0 Å². The van der Waals surface area contributed by atoms with E-state index in [0.717, 1.165) is 17.3 Å². The molecule has 21 heavy (non-hydrogen) atoms. The Morgan fingerprint density at radius 3 is 2.90 bits per heavy atom. The van der Waals surface area contributed by atoms with E-state index in [1.807, 2.05) is 24.3 Å². The van der Waals surface area contributed by atoms with Crippen LogP contribution >= 0.6 is 0 Å². The van der Waals surface area contributed by atoms with Crippen molar-refractivity contribution in [2.24, 2.45) is 0 Å². The van der Waals surface area contributed by atoms with Gasteiger partial charge in [-0.15, -0.1) is 0 Å². The first kappa shape index (κ1) is 14.0. The summed E-state index contributed by atoms with van der Waals surface area (Å²) < 4.78 is 26.2. The molecular formula is C13H16N4O3S. The minimum absolute atomic E-state index is 0.332. The number of fused-ring (bicyclic) bond motifs is 1. The third-order valence-electron chi connectivity index (χ3n) is 3.62. The Morgan fingerprint density at radius 2 is 2.14 bits per heavy atom. The molecule has 1 N–H and O–H groups in total. The average Bonchev–Trinajstić information content (AvgIpc) is 3.05. The van der Waals surface area contributed by atoms with Crippen molar-refractivity contribution >= 4 is 27.0 Å². The molecule has 0 radical (unpaired) electrons. The molecular weight excluding hydrogens is 292 g/mol. The van der Waals surface area contributed by atoms with Crippen LogP contribution in [0.2, 0.25) is 0 Å². The average molecular weight is 308 g/mol. The number of nitrogens with zero attached hydrogens (tertiary/aromatic N) is 3. The smallest absolute Gasteiger partial charge is 0.257 e. The second-order valence-electron chi connectivity index (χ2n) is 5.11. The Labute approximate surface area is 122 Å². The van der Waals surface area contributed by atoms with Crippen molar-refractivity contribution < 1.29 is 13.2 Å². The molecule has 1 aromatic carbocycles. The van der Waals surface area contributed by atoms with Gasteiger partial charge in [-0.05, 0) is 25.0 Å². The van der Waals surface area contributed by atoms with E-state index in [4.69, 9.17) is 0 Å². The fraction of sp³-hybridized carbons (Fsp3) is 0.385. The Hall–Kier alpha value is -1.93. The third kappa shape index (κ3) is 2.64. The summed E-state index contributed by atoms with van der Waals surface area (Å²) in [6.07, 6.45) is 3.87. The van der Waals surface area contributed by atoms with Gasteiger partial charge in [0, 0.05) is 6.54 Å². The lowest BCUT2D eigenvalue weighted by atomic mass is 10.2. The Morgan fingerprint density at radius 1 is 1.38 bits per heavy atom. The molecule has 1 fully saturated rings. The largest absolute Gasteiger partial charge is 0.271 e. The van der Waals surface area contributed by atoms with Crippen LogP contribution in [0.3, 0.4) is 0 Å². The molecule has 0 aliphatic carbocycles. The molecule has 112 valence electrons. The highest BCUT2D eigenvalue weighted by molar-refractivity contribution is 7.88. The molecule has 7 nitrogen and oxygen atoms in total. The van der Waals surface area contributed by atoms with Crippen LogP contribution in [-0.2, 0) is 14.8 Å². The number of sulfonamides is 1. The van der Waals surface area contributed by atoms with Crippen LogP contribution in [0.4, 0.5) is 0 Å². The van der Waals surface area contributed by atoms with Crippen molar-refractivity contribution in [1.29, 1.82) is 0 Å². The minimum atomic E-state index is -3.37. The predicted octanol–water partition coefficient (Wildman–Crippen LogP) is 0.530. The van der Waals surface area contributed by atoms with Gasteiger partial charge in [-0.1, -0.05) is 12.1 Å². The number of carbonyl (C=O) groups excluding carboxylic acids is 1. The van der Waals surface area contributed by atoms with Crippen LogP contribution in [-0.4, -0.2) is 47.1 Å². The van der Waals surface area contributed by atoms with E-state index in [1.165, 1.54) is 15.3 Å². The SMILES string of the molecule is CS(=O)(=O)N1CCCC1C(=O)Nn1cnc2ccccc21. The Bertz CT molecular complexity index is 784. The summed E-state index contributed by atoms with van der Waals surface area (Å²) in [5.41, 5.74) is 4.26. The van der Waals surface area contributed by atoms with Crippen molar-refractivity contribution in [3.05, 3.63) is 30.6 Å². The van der Waals surface area contributed by atoms with Gasteiger partial charge in [0.1, 0.15) is 12.4 Å². The fourth-order valence-corrected chi connectivity index (χ4v) is 3.76. The number of nitrogens with one attached hydrogen (secondary N) is 1. The van der Waals surface area contributed by atoms with Gasteiger partial charge in [-0.3, -0.25) is 10.2 Å². The first-order valence-corrected chi connectivity index (χ1v) is 8.51. The van der Waals surface area contributed by atoms with E-state index < -0.39 is 16.1 Å². The summed E-state index contributed by atoms with van der Waals surface area (Å²) in [5, 5.41) is 0. The van der Waals surface area contributed by atoms with Crippen LogP contribution in [0.1, 0.15) is 12.8 Å². The zero-order valence-electron chi connectivity index (χ0n) is 11.6. The van der Waals surface area contributed by atoms with E-state index in [9.17, 15) is 13.2 Å². The summed E-state index contributed by atoms with van der Waals surface area (Å²) in [6, 6.07) is 6.75. The molecule has 1 aliphatic rings. The molecule has 8 heteroatoms. The zero-order valence-corrected chi connectivity index (χ0v) is 12.4. The molecule has 0 spiro atoms. The van der Waals surface area contributed by atoms with Crippen LogP contribution in [0.15, 0.2) is 30.6 Å². The monoisotopic (exact) mass is 308 g/mol. The van der Waals surface area contributed by atoms with Crippen molar-refractivity contribution in [2.75, 3.05) is 18.2 Å². The highest BCUT2D eigenvalue weighted by Gasteiger charge is 2.36. The molecule has 1 aliphatic heterocycles. The number of benzene rings is 1. The lowest BCUT2D eigenvalue weighted by Gasteiger charge is -2.21. The second kappa shape index (κ2) is 5.12. The number of amides is 1. The van der Waals surface area contributed by atoms with Gasteiger partial charge >= 0.3 is 0 Å². The van der Waals surface area contributed by atoms with Gasteiger partial charge in [0.2, 0.25) is 10.0 Å². The molecule has 2 heterocycles. The number of rotatable bonds is 3. The summed E-state index contributed by atoms with van der Waals surface area (Å²) in [6.45, 7) is 0.390. The zero-order chi connectivity index (χ0) is 15.0. The summed E-state index contributed by atoms with van der Waals surface area (Å²) in [5.74, 6) is -0.332. The number of imidazole rings is 1.